The third-order valence-corrected chi connectivity index (χ3v) is 2.18. The van der Waals surface area contributed by atoms with Gasteiger partial charge in [-0.2, -0.15) is 13.2 Å². The Balaban J connectivity index is 2.35. The smallest absolute Gasteiger partial charge is 0.422 e. The van der Waals surface area contributed by atoms with E-state index in [1.54, 1.807) is 0 Å². The van der Waals surface area contributed by atoms with E-state index in [-0.39, 0.29) is 19.0 Å². The molecule has 1 aromatic rings. The zero-order valence-electron chi connectivity index (χ0n) is 11.0. The summed E-state index contributed by atoms with van der Waals surface area (Å²) >= 11 is 0. The van der Waals surface area contributed by atoms with Crippen LogP contribution in [-0.2, 0) is 4.74 Å². The fourth-order valence-corrected chi connectivity index (χ4v) is 1.29. The average Bonchev–Trinajstić information content (AvgIpc) is 2.41. The van der Waals surface area contributed by atoms with Gasteiger partial charge in [0.2, 0.25) is 0 Å². The summed E-state index contributed by atoms with van der Waals surface area (Å²) in [4.78, 5) is 0. The molecule has 0 heterocycles. The fraction of sp³-hybridized carbons (Fsp3) is 0.538. The Bertz CT molecular complexity index is 378. The monoisotopic (exact) mass is 294 g/mol. The number of benzene rings is 1. The molecule has 20 heavy (non-hydrogen) atoms. The molecule has 0 saturated heterocycles. The van der Waals surface area contributed by atoms with E-state index in [4.69, 9.17) is 9.47 Å². The summed E-state index contributed by atoms with van der Waals surface area (Å²) in [5.74, 6) is 0.532. The van der Waals surface area contributed by atoms with Gasteiger partial charge in [0, 0.05) is 6.61 Å². The van der Waals surface area contributed by atoms with Crippen LogP contribution in [-0.4, -0.2) is 43.8 Å². The molecule has 1 N–H and O–H groups in total. The normalized spacial score (nSPS) is 13.1. The van der Waals surface area contributed by atoms with Crippen molar-refractivity contribution in [1.29, 1.82) is 0 Å². The van der Waals surface area contributed by atoms with Crippen molar-refractivity contribution in [3.05, 3.63) is 24.3 Å². The first-order chi connectivity index (χ1) is 9.40. The highest BCUT2D eigenvalue weighted by atomic mass is 19.4. The molecule has 0 radical (unpaired) electrons. The van der Waals surface area contributed by atoms with E-state index in [2.05, 4.69) is 4.74 Å². The third-order valence-electron chi connectivity index (χ3n) is 2.18. The van der Waals surface area contributed by atoms with Crippen LogP contribution in [0.15, 0.2) is 24.3 Å². The quantitative estimate of drug-likeness (QED) is 0.800. The molecule has 0 aliphatic heterocycles. The number of rotatable bonds is 8. The standard InChI is InChI=1S/C13H17F3O4/c1-2-18-7-10(17)8-19-11-3-5-12(6-4-11)20-9-13(14,15)16/h3-6,10,17H,2,7-9H2,1H3. The van der Waals surface area contributed by atoms with Gasteiger partial charge >= 0.3 is 6.18 Å². The van der Waals surface area contributed by atoms with Gasteiger partial charge in [-0.1, -0.05) is 0 Å². The van der Waals surface area contributed by atoms with Crippen LogP contribution < -0.4 is 9.47 Å². The molecule has 0 aliphatic rings. The zero-order valence-corrected chi connectivity index (χ0v) is 11.0. The van der Waals surface area contributed by atoms with E-state index in [9.17, 15) is 18.3 Å². The maximum absolute atomic E-state index is 11.9. The second-order valence-corrected chi connectivity index (χ2v) is 4.00. The lowest BCUT2D eigenvalue weighted by molar-refractivity contribution is -0.153. The van der Waals surface area contributed by atoms with Crippen molar-refractivity contribution in [2.24, 2.45) is 0 Å². The number of aliphatic hydroxyl groups excluding tert-OH is 1. The number of halogens is 3. The molecule has 1 rings (SSSR count). The number of ether oxygens (including phenoxy) is 3. The van der Waals surface area contributed by atoms with Gasteiger partial charge in [0.15, 0.2) is 6.61 Å². The van der Waals surface area contributed by atoms with Crippen molar-refractivity contribution in [3.8, 4) is 11.5 Å². The number of alkyl halides is 3. The molecule has 0 spiro atoms. The van der Waals surface area contributed by atoms with Crippen LogP contribution in [0.3, 0.4) is 0 Å². The van der Waals surface area contributed by atoms with Gasteiger partial charge in [-0.25, -0.2) is 0 Å². The Morgan fingerprint density at radius 3 is 2.10 bits per heavy atom. The topological polar surface area (TPSA) is 47.9 Å². The van der Waals surface area contributed by atoms with E-state index in [1.165, 1.54) is 24.3 Å². The van der Waals surface area contributed by atoms with Crippen LogP contribution in [0, 0.1) is 0 Å². The highest BCUT2D eigenvalue weighted by Gasteiger charge is 2.28. The van der Waals surface area contributed by atoms with Crippen LogP contribution in [0.5, 0.6) is 11.5 Å². The first kappa shape index (κ1) is 16.6. The lowest BCUT2D eigenvalue weighted by atomic mass is 10.3. The van der Waals surface area contributed by atoms with Crippen LogP contribution in [0.2, 0.25) is 0 Å². The second-order valence-electron chi connectivity index (χ2n) is 4.00. The molecule has 0 fully saturated rings. The van der Waals surface area contributed by atoms with E-state index < -0.39 is 18.9 Å². The summed E-state index contributed by atoms with van der Waals surface area (Å²) in [6.07, 6.45) is -5.12. The van der Waals surface area contributed by atoms with E-state index >= 15 is 0 Å². The maximum atomic E-state index is 11.9. The van der Waals surface area contributed by atoms with Crippen molar-refractivity contribution in [1.82, 2.24) is 0 Å². The molecule has 1 aromatic carbocycles. The van der Waals surface area contributed by atoms with Crippen LogP contribution in [0.4, 0.5) is 13.2 Å². The SMILES string of the molecule is CCOCC(O)COc1ccc(OCC(F)(F)F)cc1. The minimum absolute atomic E-state index is 0.0444. The molecular weight excluding hydrogens is 277 g/mol. The maximum Gasteiger partial charge on any atom is 0.422 e. The third kappa shape index (κ3) is 7.20. The van der Waals surface area contributed by atoms with Crippen LogP contribution in [0.25, 0.3) is 0 Å². The van der Waals surface area contributed by atoms with Crippen molar-refractivity contribution in [3.63, 3.8) is 0 Å². The summed E-state index contributed by atoms with van der Waals surface area (Å²) in [7, 11) is 0. The Kier molecular flexibility index (Phi) is 6.60. The zero-order chi connectivity index (χ0) is 15.0. The Morgan fingerprint density at radius 1 is 1.05 bits per heavy atom. The molecule has 114 valence electrons. The summed E-state index contributed by atoms with van der Waals surface area (Å²) in [5.41, 5.74) is 0. The molecule has 7 heteroatoms. The first-order valence-electron chi connectivity index (χ1n) is 6.09. The van der Waals surface area contributed by atoms with E-state index in [0.717, 1.165) is 0 Å². The summed E-state index contributed by atoms with van der Waals surface area (Å²) in [6, 6.07) is 5.68. The number of hydrogen-bond acceptors (Lipinski definition) is 4. The fourth-order valence-electron chi connectivity index (χ4n) is 1.29. The Morgan fingerprint density at radius 2 is 1.60 bits per heavy atom. The Hall–Kier alpha value is -1.47. The van der Waals surface area contributed by atoms with Crippen molar-refractivity contribution in [2.75, 3.05) is 26.4 Å². The molecule has 0 bridgehead atoms. The molecule has 0 amide bonds. The summed E-state index contributed by atoms with van der Waals surface area (Å²) < 4.78 is 50.6. The van der Waals surface area contributed by atoms with Gasteiger partial charge in [0.1, 0.15) is 24.2 Å². The highest BCUT2D eigenvalue weighted by Crippen LogP contribution is 2.21. The largest absolute Gasteiger partial charge is 0.491 e. The first-order valence-corrected chi connectivity index (χ1v) is 6.09. The molecule has 0 aromatic heterocycles. The molecular formula is C13H17F3O4. The molecule has 1 unspecified atom stereocenters. The molecule has 0 aliphatic carbocycles. The van der Waals surface area contributed by atoms with E-state index in [0.29, 0.717) is 12.4 Å². The van der Waals surface area contributed by atoms with E-state index in [1.807, 2.05) is 6.92 Å². The Labute approximate surface area is 115 Å². The van der Waals surface area contributed by atoms with Gasteiger partial charge in [-0.05, 0) is 31.2 Å². The van der Waals surface area contributed by atoms with Crippen molar-refractivity contribution < 1.29 is 32.5 Å². The van der Waals surface area contributed by atoms with Crippen LogP contribution >= 0.6 is 0 Å². The highest BCUT2D eigenvalue weighted by molar-refractivity contribution is 5.31. The summed E-state index contributed by atoms with van der Waals surface area (Å²) in [6.45, 7) is 1.20. The van der Waals surface area contributed by atoms with Gasteiger partial charge in [0.05, 0.1) is 6.61 Å². The second kappa shape index (κ2) is 7.96. The van der Waals surface area contributed by atoms with Crippen LogP contribution in [0.1, 0.15) is 6.92 Å². The number of aliphatic hydroxyl groups is 1. The lowest BCUT2D eigenvalue weighted by Gasteiger charge is -2.13. The lowest BCUT2D eigenvalue weighted by Crippen LogP contribution is -2.23. The summed E-state index contributed by atoms with van der Waals surface area (Å²) in [5, 5.41) is 9.47. The van der Waals surface area contributed by atoms with Gasteiger partial charge < -0.3 is 19.3 Å². The van der Waals surface area contributed by atoms with Crippen molar-refractivity contribution in [2.45, 2.75) is 19.2 Å². The average molecular weight is 294 g/mol. The van der Waals surface area contributed by atoms with Gasteiger partial charge in [-0.3, -0.25) is 0 Å². The molecule has 0 saturated carbocycles. The van der Waals surface area contributed by atoms with Gasteiger partial charge in [-0.15, -0.1) is 0 Å². The minimum Gasteiger partial charge on any atom is -0.491 e. The van der Waals surface area contributed by atoms with Crippen molar-refractivity contribution >= 4 is 0 Å². The molecule has 4 nitrogen and oxygen atoms in total. The number of hydrogen-bond donors (Lipinski definition) is 1. The van der Waals surface area contributed by atoms with Gasteiger partial charge in [0.25, 0.3) is 0 Å². The minimum atomic E-state index is -4.36. The predicted octanol–water partition coefficient (Wildman–Crippen LogP) is 2.40. The predicted molar refractivity (Wildman–Crippen MR) is 66.0 cm³/mol. The molecule has 1 atom stereocenters.